The van der Waals surface area contributed by atoms with Crippen molar-refractivity contribution in [2.24, 2.45) is 5.92 Å². The van der Waals surface area contributed by atoms with Crippen LogP contribution in [0, 0.1) is 5.92 Å². The zero-order valence-corrected chi connectivity index (χ0v) is 17.1. The lowest BCUT2D eigenvalue weighted by atomic mass is 10.00. The Balaban J connectivity index is 2.15. The van der Waals surface area contributed by atoms with E-state index in [0.717, 1.165) is 31.8 Å². The molecular weight excluding hydrogens is 384 g/mol. The molecule has 1 fully saturated rings. The van der Waals surface area contributed by atoms with E-state index in [-0.39, 0.29) is 20.9 Å². The van der Waals surface area contributed by atoms with Crippen molar-refractivity contribution in [1.29, 1.82) is 0 Å². The van der Waals surface area contributed by atoms with E-state index < -0.39 is 19.9 Å². The predicted molar refractivity (Wildman–Crippen MR) is 99.2 cm³/mol. The number of halogens is 1. The standard InChI is InChI=1S/C16H25ClN2O4S2/c1-12-5-4-8-19(10-12)11-13(2)18-25(22,23)16-9-14(24(3,20)21)6-7-15(16)17/h6-7,9,12-13,18H,4-5,8,10-11H2,1-3H3/t12-,13+/m0/s1. The van der Waals surface area contributed by atoms with Gasteiger partial charge in [0.05, 0.1) is 9.92 Å². The summed E-state index contributed by atoms with van der Waals surface area (Å²) in [7, 11) is -7.43. The fourth-order valence-corrected chi connectivity index (χ4v) is 5.61. The molecule has 1 saturated heterocycles. The van der Waals surface area contributed by atoms with Gasteiger partial charge < -0.3 is 4.90 Å². The van der Waals surface area contributed by atoms with Gasteiger partial charge in [-0.15, -0.1) is 0 Å². The molecule has 1 N–H and O–H groups in total. The number of hydrogen-bond acceptors (Lipinski definition) is 5. The second-order valence-electron chi connectivity index (χ2n) is 6.89. The van der Waals surface area contributed by atoms with Gasteiger partial charge >= 0.3 is 0 Å². The third-order valence-electron chi connectivity index (χ3n) is 4.25. The maximum atomic E-state index is 12.6. The van der Waals surface area contributed by atoms with Gasteiger partial charge in [0, 0.05) is 25.4 Å². The first kappa shape index (κ1) is 20.6. The number of sulfone groups is 1. The molecule has 1 aromatic carbocycles. The van der Waals surface area contributed by atoms with Crippen molar-refractivity contribution in [3.05, 3.63) is 23.2 Å². The summed E-state index contributed by atoms with van der Waals surface area (Å²) in [6.07, 6.45) is 3.34. The summed E-state index contributed by atoms with van der Waals surface area (Å²) in [6.45, 7) is 6.51. The number of piperidine rings is 1. The molecule has 2 atom stereocenters. The van der Waals surface area contributed by atoms with Gasteiger partial charge in [-0.1, -0.05) is 18.5 Å². The molecule has 0 radical (unpaired) electrons. The number of nitrogens with zero attached hydrogens (tertiary/aromatic N) is 1. The Bertz CT molecular complexity index is 825. The quantitative estimate of drug-likeness (QED) is 0.779. The van der Waals surface area contributed by atoms with Crippen LogP contribution in [-0.4, -0.2) is 53.7 Å². The Labute approximate surface area is 155 Å². The molecule has 9 heteroatoms. The van der Waals surface area contributed by atoms with Crippen LogP contribution in [0.15, 0.2) is 28.0 Å². The number of sulfonamides is 1. The van der Waals surface area contributed by atoms with Gasteiger partial charge in [0.1, 0.15) is 4.90 Å². The minimum atomic E-state index is -3.91. The van der Waals surface area contributed by atoms with E-state index in [1.165, 1.54) is 18.6 Å². The number of rotatable bonds is 6. The largest absolute Gasteiger partial charge is 0.301 e. The number of nitrogens with one attached hydrogen (secondary N) is 1. The molecule has 1 heterocycles. The summed E-state index contributed by atoms with van der Waals surface area (Å²) < 4.78 is 51.2. The Morgan fingerprint density at radius 2 is 2.00 bits per heavy atom. The van der Waals surface area contributed by atoms with Gasteiger partial charge in [-0.25, -0.2) is 21.6 Å². The summed E-state index contributed by atoms with van der Waals surface area (Å²) >= 11 is 6.00. The van der Waals surface area contributed by atoms with Gasteiger partial charge in [0.2, 0.25) is 10.0 Å². The van der Waals surface area contributed by atoms with Crippen LogP contribution in [-0.2, 0) is 19.9 Å². The van der Waals surface area contributed by atoms with Crippen LogP contribution < -0.4 is 4.72 Å². The molecule has 1 aromatic rings. The molecule has 1 aliphatic heterocycles. The van der Waals surface area contributed by atoms with Crippen LogP contribution in [0.4, 0.5) is 0 Å². The normalized spacial score (nSPS) is 21.2. The molecule has 142 valence electrons. The second-order valence-corrected chi connectivity index (χ2v) is 11.0. The van der Waals surface area contributed by atoms with E-state index in [0.29, 0.717) is 12.5 Å². The smallest absolute Gasteiger partial charge is 0.242 e. The second kappa shape index (κ2) is 7.92. The van der Waals surface area contributed by atoms with Gasteiger partial charge in [-0.05, 0) is 50.4 Å². The van der Waals surface area contributed by atoms with Crippen molar-refractivity contribution in [3.8, 4) is 0 Å². The Kier molecular flexibility index (Phi) is 6.54. The van der Waals surface area contributed by atoms with Gasteiger partial charge in [0.15, 0.2) is 9.84 Å². The third kappa shape index (κ3) is 5.65. The minimum Gasteiger partial charge on any atom is -0.301 e. The molecule has 6 nitrogen and oxygen atoms in total. The monoisotopic (exact) mass is 408 g/mol. The first-order valence-electron chi connectivity index (χ1n) is 8.23. The van der Waals surface area contributed by atoms with Crippen LogP contribution in [0.25, 0.3) is 0 Å². The van der Waals surface area contributed by atoms with E-state index in [1.54, 1.807) is 6.92 Å². The highest BCUT2D eigenvalue weighted by molar-refractivity contribution is 7.91. The van der Waals surface area contributed by atoms with Crippen molar-refractivity contribution in [2.45, 2.75) is 42.5 Å². The maximum absolute atomic E-state index is 12.6. The highest BCUT2D eigenvalue weighted by Crippen LogP contribution is 2.25. The number of likely N-dealkylation sites (tertiary alicyclic amines) is 1. The lowest BCUT2D eigenvalue weighted by molar-refractivity contribution is 0.174. The van der Waals surface area contributed by atoms with Gasteiger partial charge in [0.25, 0.3) is 0 Å². The zero-order chi connectivity index (χ0) is 18.8. The molecule has 0 bridgehead atoms. The summed E-state index contributed by atoms with van der Waals surface area (Å²) in [5.74, 6) is 0.610. The summed E-state index contributed by atoms with van der Waals surface area (Å²) in [4.78, 5) is 1.96. The van der Waals surface area contributed by atoms with Crippen LogP contribution in [0.3, 0.4) is 0 Å². The SMILES string of the molecule is C[C@H]1CCCN(C[C@@H](C)NS(=O)(=O)c2cc(S(C)(=O)=O)ccc2Cl)C1. The van der Waals surface area contributed by atoms with E-state index in [9.17, 15) is 16.8 Å². The number of benzene rings is 1. The summed E-state index contributed by atoms with van der Waals surface area (Å²) in [5, 5.41) is -0.00121. The van der Waals surface area contributed by atoms with Crippen molar-refractivity contribution in [3.63, 3.8) is 0 Å². The van der Waals surface area contributed by atoms with Crippen molar-refractivity contribution in [1.82, 2.24) is 9.62 Å². The molecule has 25 heavy (non-hydrogen) atoms. The van der Waals surface area contributed by atoms with Gasteiger partial charge in [-0.2, -0.15) is 0 Å². The van der Waals surface area contributed by atoms with E-state index in [4.69, 9.17) is 11.6 Å². The molecular formula is C16H25ClN2O4S2. The van der Waals surface area contributed by atoms with Crippen LogP contribution in [0.1, 0.15) is 26.7 Å². The molecule has 0 aliphatic carbocycles. The Morgan fingerprint density at radius 1 is 1.32 bits per heavy atom. The van der Waals surface area contributed by atoms with E-state index in [2.05, 4.69) is 16.5 Å². The molecule has 0 saturated carbocycles. The predicted octanol–water partition coefficient (Wildman–Crippen LogP) is 2.14. The van der Waals surface area contributed by atoms with Crippen molar-refractivity contribution < 1.29 is 16.8 Å². The first-order chi connectivity index (χ1) is 11.5. The molecule has 0 aromatic heterocycles. The van der Waals surface area contributed by atoms with Crippen LogP contribution >= 0.6 is 11.6 Å². The molecule has 0 unspecified atom stereocenters. The Morgan fingerprint density at radius 3 is 2.60 bits per heavy atom. The molecule has 0 spiro atoms. The van der Waals surface area contributed by atoms with Crippen LogP contribution in [0.5, 0.6) is 0 Å². The minimum absolute atomic E-state index is 0.00121. The highest BCUT2D eigenvalue weighted by Gasteiger charge is 2.25. The number of hydrogen-bond donors (Lipinski definition) is 1. The van der Waals surface area contributed by atoms with Gasteiger partial charge in [-0.3, -0.25) is 0 Å². The molecule has 2 rings (SSSR count). The van der Waals surface area contributed by atoms with E-state index >= 15 is 0 Å². The lowest BCUT2D eigenvalue weighted by Gasteiger charge is -2.32. The lowest BCUT2D eigenvalue weighted by Crippen LogP contribution is -2.45. The Hall–Kier alpha value is -0.670. The zero-order valence-electron chi connectivity index (χ0n) is 14.7. The van der Waals surface area contributed by atoms with Crippen molar-refractivity contribution in [2.75, 3.05) is 25.9 Å². The average Bonchev–Trinajstić information content (AvgIpc) is 2.45. The highest BCUT2D eigenvalue weighted by atomic mass is 35.5. The summed E-state index contributed by atoms with van der Waals surface area (Å²) in [6, 6.07) is 3.39. The maximum Gasteiger partial charge on any atom is 0.242 e. The third-order valence-corrected chi connectivity index (χ3v) is 7.43. The molecule has 0 amide bonds. The fraction of sp³-hybridized carbons (Fsp3) is 0.625. The molecule has 1 aliphatic rings. The fourth-order valence-electron chi connectivity index (χ4n) is 3.13. The summed E-state index contributed by atoms with van der Waals surface area (Å²) in [5.41, 5.74) is 0. The first-order valence-corrected chi connectivity index (χ1v) is 12.0. The van der Waals surface area contributed by atoms with Crippen LogP contribution in [0.2, 0.25) is 5.02 Å². The van der Waals surface area contributed by atoms with E-state index in [1.807, 2.05) is 0 Å². The van der Waals surface area contributed by atoms with Crippen molar-refractivity contribution >= 4 is 31.5 Å². The topological polar surface area (TPSA) is 83.6 Å². The average molecular weight is 409 g/mol.